The van der Waals surface area contributed by atoms with Crippen LogP contribution in [0.2, 0.25) is 0 Å². The summed E-state index contributed by atoms with van der Waals surface area (Å²) in [5, 5.41) is 0. The van der Waals surface area contributed by atoms with E-state index in [0.717, 1.165) is 0 Å². The van der Waals surface area contributed by atoms with Crippen LogP contribution < -0.4 is 0 Å². The molecule has 1 atom stereocenters. The Labute approximate surface area is 60.6 Å². The van der Waals surface area contributed by atoms with Gasteiger partial charge in [-0.2, -0.15) is 0 Å². The van der Waals surface area contributed by atoms with Gasteiger partial charge in [-0.3, -0.25) is 0 Å². The molecule has 3 heteroatoms. The second-order valence-electron chi connectivity index (χ2n) is 1.54. The highest BCUT2D eigenvalue weighted by Gasteiger charge is 1.93. The molecule has 0 heterocycles. The topological polar surface area (TPSA) is 17.1 Å². The van der Waals surface area contributed by atoms with Crippen LogP contribution in [0.5, 0.6) is 0 Å². The fourth-order valence-corrected chi connectivity index (χ4v) is 1.21. The predicted octanol–water partition coefficient (Wildman–Crippen LogP) is 1.95. The van der Waals surface area contributed by atoms with Gasteiger partial charge in [0.25, 0.3) is 0 Å². The van der Waals surface area contributed by atoms with Gasteiger partial charge in [0.1, 0.15) is 10.0 Å². The van der Waals surface area contributed by atoms with Crippen molar-refractivity contribution in [1.82, 2.24) is 0 Å². The van der Waals surface area contributed by atoms with Crippen molar-refractivity contribution < 1.29 is 4.21 Å². The van der Waals surface area contributed by atoms with Gasteiger partial charge < -0.3 is 0 Å². The standard InChI is InChI=1S/C6H5ClOS/c7-9(8)6-4-2-1-3-5-6/h1-5H/t9-/m1/s1. The Bertz CT molecular complexity index is 210. The summed E-state index contributed by atoms with van der Waals surface area (Å²) in [7, 11) is 3.92. The molecule has 0 N–H and O–H groups in total. The minimum absolute atomic E-state index is 0.652. The summed E-state index contributed by atoms with van der Waals surface area (Å²) in [4.78, 5) is 0.652. The second-order valence-corrected chi connectivity index (χ2v) is 3.30. The summed E-state index contributed by atoms with van der Waals surface area (Å²) in [5.74, 6) is 0. The molecule has 0 bridgehead atoms. The summed E-state index contributed by atoms with van der Waals surface area (Å²) in [6.07, 6.45) is 0. The van der Waals surface area contributed by atoms with Crippen molar-refractivity contribution in [3.05, 3.63) is 30.3 Å². The van der Waals surface area contributed by atoms with E-state index in [1.165, 1.54) is 0 Å². The summed E-state index contributed by atoms with van der Waals surface area (Å²) >= 11 is 0. The van der Waals surface area contributed by atoms with Crippen LogP contribution in [-0.4, -0.2) is 4.21 Å². The summed E-state index contributed by atoms with van der Waals surface area (Å²) in [6, 6.07) is 8.91. The predicted molar refractivity (Wildman–Crippen MR) is 38.7 cm³/mol. The molecular weight excluding hydrogens is 156 g/mol. The van der Waals surface area contributed by atoms with Gasteiger partial charge in [0, 0.05) is 0 Å². The lowest BCUT2D eigenvalue weighted by molar-refractivity contribution is 0.691. The minimum atomic E-state index is -1.36. The lowest BCUT2D eigenvalue weighted by Crippen LogP contribution is -1.77. The first-order chi connectivity index (χ1) is 4.30. The van der Waals surface area contributed by atoms with Gasteiger partial charge in [0.05, 0.1) is 4.90 Å². The highest BCUT2D eigenvalue weighted by atomic mass is 35.7. The Morgan fingerprint density at radius 3 is 2.11 bits per heavy atom. The third-order valence-electron chi connectivity index (χ3n) is 0.929. The maximum Gasteiger partial charge on any atom is 0.147 e. The van der Waals surface area contributed by atoms with Crippen molar-refractivity contribution in [3.8, 4) is 0 Å². The third kappa shape index (κ3) is 1.80. The van der Waals surface area contributed by atoms with Crippen molar-refractivity contribution in [2.45, 2.75) is 4.90 Å². The van der Waals surface area contributed by atoms with E-state index >= 15 is 0 Å². The largest absolute Gasteiger partial charge is 0.237 e. The number of halogens is 1. The lowest BCUT2D eigenvalue weighted by Gasteiger charge is -1.88. The van der Waals surface area contributed by atoms with E-state index in [1.54, 1.807) is 24.3 Å². The monoisotopic (exact) mass is 160 g/mol. The molecule has 1 rings (SSSR count). The van der Waals surface area contributed by atoms with Gasteiger partial charge in [-0.1, -0.05) is 18.2 Å². The van der Waals surface area contributed by atoms with Crippen LogP contribution in [0.4, 0.5) is 0 Å². The van der Waals surface area contributed by atoms with Crippen LogP contribution in [0.25, 0.3) is 0 Å². The van der Waals surface area contributed by atoms with E-state index in [4.69, 9.17) is 10.7 Å². The average Bonchev–Trinajstić information content (AvgIpc) is 1.90. The van der Waals surface area contributed by atoms with Crippen molar-refractivity contribution in [3.63, 3.8) is 0 Å². The SMILES string of the molecule is O=[S@@](Cl)c1ccccc1. The van der Waals surface area contributed by atoms with Gasteiger partial charge in [0.2, 0.25) is 0 Å². The molecule has 0 aliphatic rings. The third-order valence-corrected chi connectivity index (χ3v) is 2.11. The zero-order valence-electron chi connectivity index (χ0n) is 4.58. The maximum absolute atomic E-state index is 10.5. The van der Waals surface area contributed by atoms with Gasteiger partial charge in [-0.25, -0.2) is 4.21 Å². The zero-order chi connectivity index (χ0) is 6.69. The Hall–Kier alpha value is -0.340. The van der Waals surface area contributed by atoms with Gasteiger partial charge in [0.15, 0.2) is 0 Å². The van der Waals surface area contributed by atoms with Crippen LogP contribution in [0.1, 0.15) is 0 Å². The van der Waals surface area contributed by atoms with Crippen LogP contribution in [0, 0.1) is 0 Å². The molecule has 1 aromatic carbocycles. The summed E-state index contributed by atoms with van der Waals surface area (Å²) < 4.78 is 10.5. The lowest BCUT2D eigenvalue weighted by atomic mass is 10.4. The number of hydrogen-bond donors (Lipinski definition) is 0. The first-order valence-corrected chi connectivity index (χ1v) is 4.41. The number of benzene rings is 1. The van der Waals surface area contributed by atoms with E-state index in [9.17, 15) is 4.21 Å². The molecule has 0 aromatic heterocycles. The molecular formula is C6H5ClOS. The number of hydrogen-bond acceptors (Lipinski definition) is 1. The van der Waals surface area contributed by atoms with Gasteiger partial charge in [-0.05, 0) is 22.8 Å². The van der Waals surface area contributed by atoms with E-state index in [-0.39, 0.29) is 0 Å². The second kappa shape index (κ2) is 2.99. The smallest absolute Gasteiger partial charge is 0.147 e. The van der Waals surface area contributed by atoms with E-state index < -0.39 is 10.0 Å². The number of rotatable bonds is 1. The maximum atomic E-state index is 10.5. The average molecular weight is 161 g/mol. The van der Waals surface area contributed by atoms with E-state index in [0.29, 0.717) is 4.90 Å². The summed E-state index contributed by atoms with van der Waals surface area (Å²) in [5.41, 5.74) is 0. The molecule has 0 aliphatic heterocycles. The molecule has 0 fully saturated rings. The normalized spacial score (nSPS) is 13.0. The fourth-order valence-electron chi connectivity index (χ4n) is 0.527. The molecule has 0 saturated heterocycles. The molecule has 0 amide bonds. The highest BCUT2D eigenvalue weighted by molar-refractivity contribution is 8.08. The minimum Gasteiger partial charge on any atom is -0.237 e. The van der Waals surface area contributed by atoms with Gasteiger partial charge in [-0.15, -0.1) is 0 Å². The highest BCUT2D eigenvalue weighted by Crippen LogP contribution is 2.07. The molecule has 1 nitrogen and oxygen atoms in total. The quantitative estimate of drug-likeness (QED) is 0.574. The molecule has 0 unspecified atom stereocenters. The fraction of sp³-hybridized carbons (Fsp3) is 0. The molecule has 9 heavy (non-hydrogen) atoms. The first kappa shape index (κ1) is 6.78. The molecule has 0 aliphatic carbocycles. The molecule has 0 radical (unpaired) electrons. The summed E-state index contributed by atoms with van der Waals surface area (Å²) in [6.45, 7) is 0. The zero-order valence-corrected chi connectivity index (χ0v) is 6.15. The van der Waals surface area contributed by atoms with Crippen molar-refractivity contribution in [2.75, 3.05) is 0 Å². The van der Waals surface area contributed by atoms with Crippen LogP contribution >= 0.6 is 10.7 Å². The Morgan fingerprint density at radius 1 is 1.22 bits per heavy atom. The van der Waals surface area contributed by atoms with Crippen LogP contribution in [0.3, 0.4) is 0 Å². The molecule has 0 saturated carbocycles. The molecule has 0 spiro atoms. The van der Waals surface area contributed by atoms with E-state index in [2.05, 4.69) is 0 Å². The van der Waals surface area contributed by atoms with Crippen LogP contribution in [0.15, 0.2) is 35.2 Å². The Balaban J connectivity index is 2.98. The van der Waals surface area contributed by atoms with Crippen molar-refractivity contribution in [1.29, 1.82) is 0 Å². The molecule has 48 valence electrons. The van der Waals surface area contributed by atoms with Crippen molar-refractivity contribution in [2.24, 2.45) is 0 Å². The van der Waals surface area contributed by atoms with Crippen molar-refractivity contribution >= 4 is 20.7 Å². The van der Waals surface area contributed by atoms with Gasteiger partial charge >= 0.3 is 0 Å². The van der Waals surface area contributed by atoms with Crippen LogP contribution in [-0.2, 0) is 10.0 Å². The molecule has 1 aromatic rings. The Kier molecular flexibility index (Phi) is 2.25. The van der Waals surface area contributed by atoms with E-state index in [1.807, 2.05) is 6.07 Å². The Morgan fingerprint density at radius 2 is 1.78 bits per heavy atom. The first-order valence-electron chi connectivity index (χ1n) is 2.44.